The van der Waals surface area contributed by atoms with Crippen molar-refractivity contribution in [3.63, 3.8) is 0 Å². The molecule has 55 valence electrons. The van der Waals surface area contributed by atoms with Crippen LogP contribution in [0.3, 0.4) is 0 Å². The molecule has 1 radical (unpaired) electrons. The summed E-state index contributed by atoms with van der Waals surface area (Å²) < 4.78 is 0.894. The molecular weight excluding hydrogens is 283 g/mol. The van der Waals surface area contributed by atoms with Gasteiger partial charge in [0.1, 0.15) is 0 Å². The van der Waals surface area contributed by atoms with Gasteiger partial charge < -0.3 is 0 Å². The highest BCUT2D eigenvalue weighted by molar-refractivity contribution is 7.66. The van der Waals surface area contributed by atoms with E-state index in [1.54, 1.807) is 0 Å². The lowest BCUT2D eigenvalue weighted by Gasteiger charge is -2.17. The van der Waals surface area contributed by atoms with E-state index in [1.165, 1.54) is 0 Å². The minimum absolute atomic E-state index is 0.894. The van der Waals surface area contributed by atoms with Crippen LogP contribution in [0, 0.1) is 0 Å². The van der Waals surface area contributed by atoms with E-state index in [1.807, 2.05) is 0 Å². The maximum Gasteiger partial charge on any atom is 0.433 e. The topological polar surface area (TPSA) is 3.24 Å². The highest BCUT2D eigenvalue weighted by Gasteiger charge is 2.39. The molecule has 0 atom stereocenters. The van der Waals surface area contributed by atoms with Crippen LogP contribution in [0.2, 0.25) is 0 Å². The summed E-state index contributed by atoms with van der Waals surface area (Å²) in [5, 5.41) is 0. The van der Waals surface area contributed by atoms with Crippen molar-refractivity contribution in [1.82, 2.24) is 3.75 Å². The molecule has 0 aliphatic rings. The van der Waals surface area contributed by atoms with Gasteiger partial charge in [0.05, 0.1) is 0 Å². The Hall–Kier alpha value is 2.13. The first-order chi connectivity index (χ1) is 3.85. The first-order valence-electron chi connectivity index (χ1n) is 1.56. The predicted molar refractivity (Wildman–Crippen MR) is 48.5 cm³/mol. The Morgan fingerprint density at radius 1 is 1.11 bits per heavy atom. The summed E-state index contributed by atoms with van der Waals surface area (Å²) >= 11 is 32.3. The lowest BCUT2D eigenvalue weighted by Crippen LogP contribution is -2.37. The summed E-state index contributed by atoms with van der Waals surface area (Å²) in [5.74, 6) is 0. The summed E-state index contributed by atoms with van der Waals surface area (Å²) in [6.07, 6.45) is -3.03. The number of halogens is 6. The lowest BCUT2D eigenvalue weighted by molar-refractivity contribution is 1.14. The van der Waals surface area contributed by atoms with Crippen LogP contribution in [-0.4, -0.2) is 17.5 Å². The Labute approximate surface area is 84.1 Å². The fourth-order valence-electron chi connectivity index (χ4n) is 0.0958. The zero-order valence-electron chi connectivity index (χ0n) is 3.72. The van der Waals surface area contributed by atoms with Crippen molar-refractivity contribution in [2.24, 2.45) is 0 Å². The summed E-state index contributed by atoms with van der Waals surface area (Å²) in [7, 11) is -1.86. The van der Waals surface area contributed by atoms with Gasteiger partial charge in [-0.1, -0.05) is 0 Å². The zero-order chi connectivity index (χ0) is 7.65. The van der Waals surface area contributed by atoms with Gasteiger partial charge in [-0.2, -0.15) is 3.75 Å². The largest absolute Gasteiger partial charge is 0.433 e. The second-order valence-electron chi connectivity index (χ2n) is 0.989. The van der Waals surface area contributed by atoms with Crippen LogP contribution in [0.15, 0.2) is 0 Å². The predicted octanol–water partition coefficient (Wildman–Crippen LogP) is 3.06. The van der Waals surface area contributed by atoms with Crippen LogP contribution in [0.25, 0.3) is 0 Å². The molecule has 0 aromatic rings. The average molecular weight is 283 g/mol. The molecule has 0 aliphatic heterocycles. The minimum Gasteiger partial charge on any atom is -0.196 e. The van der Waals surface area contributed by atoms with Crippen LogP contribution < -0.4 is 0 Å². The number of nitrogens with zero attached hydrogens (tertiary/aromatic N) is 1. The highest BCUT2D eigenvalue weighted by Crippen LogP contribution is 2.29. The van der Waals surface area contributed by atoms with Crippen LogP contribution in [-0.2, 0) is 0 Å². The smallest absolute Gasteiger partial charge is 0.196 e. The first-order valence-corrected chi connectivity index (χ1v) is 10.4. The van der Waals surface area contributed by atoms with E-state index in [4.69, 9.17) is 67.2 Å². The van der Waals surface area contributed by atoms with Gasteiger partial charge in [-0.15, -0.1) is 55.4 Å². The van der Waals surface area contributed by atoms with Crippen molar-refractivity contribution < 1.29 is 0 Å². The van der Waals surface area contributed by atoms with Crippen molar-refractivity contribution >= 4 is 80.9 Å². The normalized spacial score (nSPS) is 13.3. The van der Waals surface area contributed by atoms with Crippen LogP contribution >= 0.6 is 67.2 Å². The molecule has 0 spiro atoms. The summed E-state index contributed by atoms with van der Waals surface area (Å²) in [5.41, 5.74) is 0. The van der Waals surface area contributed by atoms with E-state index in [2.05, 4.69) is 0 Å². The molecule has 0 saturated heterocycles. The fourth-order valence-corrected chi connectivity index (χ4v) is 7.76. The van der Waals surface area contributed by atoms with E-state index in [0.29, 0.717) is 0 Å². The lowest BCUT2D eigenvalue weighted by atomic mass is 13.8. The van der Waals surface area contributed by atoms with Gasteiger partial charge in [-0.25, -0.2) is 0 Å². The summed E-state index contributed by atoms with van der Waals surface area (Å²) in [6, 6.07) is 0. The molecule has 0 bridgehead atoms. The molecule has 0 fully saturated rings. The first kappa shape index (κ1) is 11.1. The van der Waals surface area contributed by atoms with Crippen molar-refractivity contribution in [1.29, 1.82) is 0 Å². The van der Waals surface area contributed by atoms with Crippen molar-refractivity contribution in [3.8, 4) is 0 Å². The average Bonchev–Trinajstić information content (AvgIpc) is 1.62. The van der Waals surface area contributed by atoms with Crippen LogP contribution in [0.4, 0.5) is 0 Å². The third kappa shape index (κ3) is 4.55. The Morgan fingerprint density at radius 2 is 1.44 bits per heavy atom. The third-order valence-corrected chi connectivity index (χ3v) is 10.0. The third-order valence-electron chi connectivity index (χ3n) is 0.371. The molecule has 0 rings (SSSR count). The maximum absolute atomic E-state index is 5.40. The molecule has 9 heavy (non-hydrogen) atoms. The van der Waals surface area contributed by atoms with Crippen molar-refractivity contribution in [2.45, 2.75) is 0 Å². The summed E-state index contributed by atoms with van der Waals surface area (Å²) in [4.78, 5) is 0. The highest BCUT2D eigenvalue weighted by atomic mass is 35.8. The fraction of sp³-hybridized carbons (Fsp3) is 0. The number of rotatable bonds is 2. The number of hydrogen-bond acceptors (Lipinski definition) is 1. The van der Waals surface area contributed by atoms with E-state index in [-0.39, 0.29) is 0 Å². The molecule has 0 heterocycles. The molecule has 0 aromatic carbocycles. The van der Waals surface area contributed by atoms with Gasteiger partial charge in [0.25, 0.3) is 0 Å². The quantitative estimate of drug-likeness (QED) is 0.427. The monoisotopic (exact) mass is 280 g/mol. The summed E-state index contributed by atoms with van der Waals surface area (Å²) in [6.45, 7) is 0. The molecule has 0 aliphatic carbocycles. The standard InChI is InChI=1S/Cl6NSi2/c1-7(8(2)3)9(4,5)6. The molecule has 0 N–H and O–H groups in total. The van der Waals surface area contributed by atoms with E-state index in [9.17, 15) is 0 Å². The Kier molecular flexibility index (Phi) is 5.24. The SMILES string of the molecule is ClN([Si](Cl)Cl)[Si](Cl)(Cl)Cl. The van der Waals surface area contributed by atoms with Gasteiger partial charge in [-0.05, 0) is 11.8 Å². The molecule has 0 aromatic heterocycles. The molecule has 0 unspecified atom stereocenters. The molecule has 1 nitrogen and oxygen atoms in total. The van der Waals surface area contributed by atoms with Gasteiger partial charge in [-0.3, -0.25) is 0 Å². The second-order valence-corrected chi connectivity index (χ2v) is 14.0. The minimum atomic E-state index is -3.03. The Bertz CT molecular complexity index is 85.5. The molecular formula is Cl6NSi2. The van der Waals surface area contributed by atoms with Gasteiger partial charge in [0.2, 0.25) is 0 Å². The van der Waals surface area contributed by atoms with Crippen LogP contribution in [0.1, 0.15) is 0 Å². The van der Waals surface area contributed by atoms with E-state index >= 15 is 0 Å². The Morgan fingerprint density at radius 3 is 1.44 bits per heavy atom. The second kappa shape index (κ2) is 4.23. The number of hydrogen-bond donors (Lipinski definition) is 0. The van der Waals surface area contributed by atoms with Gasteiger partial charge in [0.15, 0.2) is 0 Å². The molecule has 9 heteroatoms. The van der Waals surface area contributed by atoms with Crippen molar-refractivity contribution in [3.05, 3.63) is 0 Å². The maximum atomic E-state index is 5.40. The van der Waals surface area contributed by atoms with Crippen molar-refractivity contribution in [2.75, 3.05) is 0 Å². The van der Waals surface area contributed by atoms with E-state index < -0.39 is 13.7 Å². The Balaban J connectivity index is 3.88. The molecule has 0 amide bonds. The molecule has 0 saturated carbocycles. The van der Waals surface area contributed by atoms with Crippen LogP contribution in [0.5, 0.6) is 0 Å². The zero-order valence-corrected chi connectivity index (χ0v) is 10.3. The van der Waals surface area contributed by atoms with E-state index in [0.717, 1.165) is 3.75 Å². The van der Waals surface area contributed by atoms with Gasteiger partial charge >= 0.3 is 13.7 Å². The van der Waals surface area contributed by atoms with Gasteiger partial charge in [0, 0.05) is 0 Å².